The van der Waals surface area contributed by atoms with Crippen molar-refractivity contribution in [1.29, 1.82) is 0 Å². The van der Waals surface area contributed by atoms with Crippen molar-refractivity contribution in [3.63, 3.8) is 0 Å². The fourth-order valence-electron chi connectivity index (χ4n) is 3.80. The number of hydrogen-bond donors (Lipinski definition) is 0. The second-order valence-corrected chi connectivity index (χ2v) is 6.76. The molecular weight excluding hydrogens is 326 g/mol. The molecule has 2 heterocycles. The van der Waals surface area contributed by atoms with Crippen molar-refractivity contribution in [1.82, 2.24) is 14.4 Å². The second-order valence-electron chi connectivity index (χ2n) is 6.76. The summed E-state index contributed by atoms with van der Waals surface area (Å²) in [5.41, 5.74) is 1.66. The van der Waals surface area contributed by atoms with E-state index in [1.165, 1.54) is 0 Å². The van der Waals surface area contributed by atoms with E-state index in [0.29, 0.717) is 10.8 Å². The van der Waals surface area contributed by atoms with Gasteiger partial charge in [0.1, 0.15) is 6.54 Å². The van der Waals surface area contributed by atoms with Crippen LogP contribution in [0.4, 0.5) is 0 Å². The Kier molecular flexibility index (Phi) is 4.47. The summed E-state index contributed by atoms with van der Waals surface area (Å²) in [6.45, 7) is 6.81. The maximum absolute atomic E-state index is 12.9. The molecule has 4 rings (SSSR count). The Balaban J connectivity index is 1.74. The highest BCUT2D eigenvalue weighted by molar-refractivity contribution is 5.94. The molecule has 0 N–H and O–H groups in total. The molecule has 0 aliphatic carbocycles. The van der Waals surface area contributed by atoms with Crippen molar-refractivity contribution in [2.75, 3.05) is 32.7 Å². The Morgan fingerprint density at radius 1 is 0.885 bits per heavy atom. The molecule has 0 bridgehead atoms. The average Bonchev–Trinajstić information content (AvgIpc) is 2.71. The van der Waals surface area contributed by atoms with Gasteiger partial charge in [-0.1, -0.05) is 31.2 Å². The monoisotopic (exact) mass is 349 g/mol. The predicted molar refractivity (Wildman–Crippen MR) is 104 cm³/mol. The molecule has 1 aliphatic rings. The van der Waals surface area contributed by atoms with Crippen molar-refractivity contribution < 1.29 is 4.79 Å². The minimum absolute atomic E-state index is 0.0245. The van der Waals surface area contributed by atoms with Crippen LogP contribution in [0.25, 0.3) is 21.8 Å². The van der Waals surface area contributed by atoms with Gasteiger partial charge in [0.15, 0.2) is 5.43 Å². The van der Waals surface area contributed by atoms with Crippen molar-refractivity contribution in [2.24, 2.45) is 0 Å². The molecule has 0 spiro atoms. The first-order valence-corrected chi connectivity index (χ1v) is 9.19. The normalized spacial score (nSPS) is 15.7. The van der Waals surface area contributed by atoms with E-state index < -0.39 is 0 Å². The van der Waals surface area contributed by atoms with Crippen LogP contribution >= 0.6 is 0 Å². The van der Waals surface area contributed by atoms with Crippen LogP contribution in [0.2, 0.25) is 0 Å². The molecule has 5 heteroatoms. The predicted octanol–water partition coefficient (Wildman–Crippen LogP) is 2.32. The number of likely N-dealkylation sites (N-methyl/N-ethyl adjacent to an activating group) is 1. The number of carbonyl (C=O) groups is 1. The van der Waals surface area contributed by atoms with Crippen molar-refractivity contribution in [3.8, 4) is 0 Å². The molecular formula is C21H23N3O2. The molecule has 1 aromatic heterocycles. The number of rotatable bonds is 3. The first-order valence-electron chi connectivity index (χ1n) is 9.19. The Morgan fingerprint density at radius 3 is 1.96 bits per heavy atom. The van der Waals surface area contributed by atoms with Gasteiger partial charge in [0.05, 0.1) is 11.0 Å². The van der Waals surface area contributed by atoms with Gasteiger partial charge in [-0.3, -0.25) is 9.59 Å². The Bertz CT molecular complexity index is 957. The average molecular weight is 349 g/mol. The molecule has 26 heavy (non-hydrogen) atoms. The van der Waals surface area contributed by atoms with Gasteiger partial charge in [-0.2, -0.15) is 0 Å². The third kappa shape index (κ3) is 2.88. The molecule has 3 aromatic rings. The minimum Gasteiger partial charge on any atom is -0.339 e. The maximum Gasteiger partial charge on any atom is 0.242 e. The standard InChI is InChI=1S/C21H23N3O2/c1-2-22-11-13-23(14-12-22)20(25)15-24-18-9-5-3-7-16(18)21(26)17-8-4-6-10-19(17)24/h3-10H,2,11-15H2,1H3. The number of benzene rings is 2. The molecule has 5 nitrogen and oxygen atoms in total. The summed E-state index contributed by atoms with van der Waals surface area (Å²) in [6, 6.07) is 15.1. The van der Waals surface area contributed by atoms with Crippen LogP contribution in [0.15, 0.2) is 53.3 Å². The fraction of sp³-hybridized carbons (Fsp3) is 0.333. The highest BCUT2D eigenvalue weighted by Crippen LogP contribution is 2.19. The lowest BCUT2D eigenvalue weighted by atomic mass is 10.1. The van der Waals surface area contributed by atoms with Crippen molar-refractivity contribution in [3.05, 3.63) is 58.8 Å². The van der Waals surface area contributed by atoms with Gasteiger partial charge in [-0.25, -0.2) is 0 Å². The van der Waals surface area contributed by atoms with E-state index in [9.17, 15) is 9.59 Å². The van der Waals surface area contributed by atoms with Gasteiger partial charge in [0.2, 0.25) is 5.91 Å². The van der Waals surface area contributed by atoms with E-state index >= 15 is 0 Å². The first kappa shape index (κ1) is 16.8. The summed E-state index contributed by atoms with van der Waals surface area (Å²) < 4.78 is 1.99. The molecule has 1 aliphatic heterocycles. The molecule has 134 valence electrons. The summed E-state index contributed by atoms with van der Waals surface area (Å²) in [5.74, 6) is 0.111. The largest absolute Gasteiger partial charge is 0.339 e. The topological polar surface area (TPSA) is 45.5 Å². The molecule has 1 fully saturated rings. The number of hydrogen-bond acceptors (Lipinski definition) is 3. The maximum atomic E-state index is 12.9. The smallest absolute Gasteiger partial charge is 0.242 e. The number of nitrogens with zero attached hydrogens (tertiary/aromatic N) is 3. The van der Waals surface area contributed by atoms with Crippen LogP contribution in [-0.2, 0) is 11.3 Å². The van der Waals surface area contributed by atoms with Gasteiger partial charge >= 0.3 is 0 Å². The van der Waals surface area contributed by atoms with E-state index in [4.69, 9.17) is 0 Å². The number of aromatic nitrogens is 1. The second kappa shape index (κ2) is 6.92. The number of para-hydroxylation sites is 2. The number of amides is 1. The lowest BCUT2D eigenvalue weighted by Gasteiger charge is -2.34. The number of fused-ring (bicyclic) bond motifs is 2. The van der Waals surface area contributed by atoms with E-state index in [2.05, 4.69) is 11.8 Å². The summed E-state index contributed by atoms with van der Waals surface area (Å²) in [7, 11) is 0. The van der Waals surface area contributed by atoms with Crippen LogP contribution in [0.5, 0.6) is 0 Å². The van der Waals surface area contributed by atoms with Crippen molar-refractivity contribution >= 4 is 27.7 Å². The van der Waals surface area contributed by atoms with Crippen LogP contribution in [0, 0.1) is 0 Å². The van der Waals surface area contributed by atoms with Crippen LogP contribution < -0.4 is 5.43 Å². The van der Waals surface area contributed by atoms with E-state index in [1.54, 1.807) is 0 Å². The number of pyridine rings is 1. The molecule has 0 atom stereocenters. The fourth-order valence-corrected chi connectivity index (χ4v) is 3.80. The Hall–Kier alpha value is -2.66. The molecule has 0 radical (unpaired) electrons. The third-order valence-electron chi connectivity index (χ3n) is 5.34. The number of carbonyl (C=O) groups excluding carboxylic acids is 1. The summed E-state index contributed by atoms with van der Waals surface area (Å²) in [6.07, 6.45) is 0. The lowest BCUT2D eigenvalue weighted by molar-refractivity contribution is -0.133. The van der Waals surface area contributed by atoms with Crippen LogP contribution in [-0.4, -0.2) is 53.0 Å². The van der Waals surface area contributed by atoms with Gasteiger partial charge in [0.25, 0.3) is 0 Å². The molecule has 0 unspecified atom stereocenters. The summed E-state index contributed by atoms with van der Waals surface area (Å²) in [4.78, 5) is 30.0. The van der Waals surface area contributed by atoms with E-state index in [1.807, 2.05) is 58.0 Å². The van der Waals surface area contributed by atoms with Crippen LogP contribution in [0.1, 0.15) is 6.92 Å². The van der Waals surface area contributed by atoms with Gasteiger partial charge in [0, 0.05) is 37.0 Å². The van der Waals surface area contributed by atoms with Crippen molar-refractivity contribution in [2.45, 2.75) is 13.5 Å². The quantitative estimate of drug-likeness (QED) is 0.682. The Morgan fingerprint density at radius 2 is 1.42 bits per heavy atom. The van der Waals surface area contributed by atoms with E-state index in [0.717, 1.165) is 43.8 Å². The zero-order valence-electron chi connectivity index (χ0n) is 15.0. The lowest BCUT2D eigenvalue weighted by Crippen LogP contribution is -2.49. The first-order chi connectivity index (χ1) is 12.7. The van der Waals surface area contributed by atoms with Crippen LogP contribution in [0.3, 0.4) is 0 Å². The number of piperazine rings is 1. The van der Waals surface area contributed by atoms with Gasteiger partial charge in [-0.15, -0.1) is 0 Å². The zero-order chi connectivity index (χ0) is 18.1. The highest BCUT2D eigenvalue weighted by atomic mass is 16.2. The molecule has 1 saturated heterocycles. The minimum atomic E-state index is 0.0245. The van der Waals surface area contributed by atoms with E-state index in [-0.39, 0.29) is 17.9 Å². The zero-order valence-corrected chi connectivity index (χ0v) is 15.0. The Labute approximate surface area is 152 Å². The molecule has 0 saturated carbocycles. The highest BCUT2D eigenvalue weighted by Gasteiger charge is 2.21. The van der Waals surface area contributed by atoms with Gasteiger partial charge < -0.3 is 14.4 Å². The SMILES string of the molecule is CCN1CCN(C(=O)Cn2c3ccccc3c(=O)c3ccccc32)CC1. The molecule has 1 amide bonds. The summed E-state index contributed by atoms with van der Waals surface area (Å²) in [5, 5.41) is 1.32. The third-order valence-corrected chi connectivity index (χ3v) is 5.34. The molecule has 2 aromatic carbocycles. The summed E-state index contributed by atoms with van der Waals surface area (Å²) >= 11 is 0. The van der Waals surface area contributed by atoms with Gasteiger partial charge in [-0.05, 0) is 30.8 Å².